The van der Waals surface area contributed by atoms with E-state index >= 15 is 0 Å². The van der Waals surface area contributed by atoms with Gasteiger partial charge in [-0.15, -0.1) is 0 Å². The lowest BCUT2D eigenvalue weighted by Gasteiger charge is -2.18. The fraction of sp³-hybridized carbons (Fsp3) is 0.500. The lowest BCUT2D eigenvalue weighted by Crippen LogP contribution is -2.38. The number of aliphatic hydroxyl groups is 1. The monoisotopic (exact) mass is 324 g/mol. The predicted octanol–water partition coefficient (Wildman–Crippen LogP) is 1.75. The van der Waals surface area contributed by atoms with Crippen molar-refractivity contribution in [3.05, 3.63) is 23.0 Å². The van der Waals surface area contributed by atoms with Gasteiger partial charge in [-0.1, -0.05) is 25.4 Å². The highest BCUT2D eigenvalue weighted by Gasteiger charge is 2.25. The van der Waals surface area contributed by atoms with Crippen LogP contribution in [0.25, 0.3) is 0 Å². The van der Waals surface area contributed by atoms with Crippen LogP contribution in [0.4, 0.5) is 10.1 Å². The predicted molar refractivity (Wildman–Crippen MR) is 76.5 cm³/mol. The van der Waals surface area contributed by atoms with E-state index < -0.39 is 26.8 Å². The van der Waals surface area contributed by atoms with Gasteiger partial charge >= 0.3 is 0 Å². The van der Waals surface area contributed by atoms with E-state index in [1.807, 2.05) is 13.8 Å². The van der Waals surface area contributed by atoms with Gasteiger partial charge in [-0.2, -0.15) is 0 Å². The molecule has 114 valence electrons. The quantitative estimate of drug-likeness (QED) is 0.695. The molecular formula is C12H18ClFN2O3S. The second-order valence-electron chi connectivity index (χ2n) is 4.94. The van der Waals surface area contributed by atoms with Gasteiger partial charge in [-0.25, -0.2) is 17.5 Å². The Labute approximate surface area is 123 Å². The summed E-state index contributed by atoms with van der Waals surface area (Å²) >= 11 is 5.69. The molecule has 0 aromatic heterocycles. The number of hydrogen-bond acceptors (Lipinski definition) is 4. The molecule has 0 heterocycles. The molecule has 0 aliphatic rings. The van der Waals surface area contributed by atoms with Gasteiger partial charge in [0.25, 0.3) is 0 Å². The third-order valence-corrected chi connectivity index (χ3v) is 4.36. The van der Waals surface area contributed by atoms with Crippen LogP contribution in [-0.4, -0.2) is 26.2 Å². The van der Waals surface area contributed by atoms with Crippen molar-refractivity contribution in [1.29, 1.82) is 0 Å². The molecule has 0 aliphatic carbocycles. The standard InChI is InChI=1S/C12H18ClFN2O3S/c1-7(2)3-9(6-17)16-20(18,19)11-5-8(13)4-10(15)12(11)14/h4-5,7,9,16-17H,3,6,15H2,1-2H3. The maximum absolute atomic E-state index is 13.8. The van der Waals surface area contributed by atoms with Crippen molar-refractivity contribution < 1.29 is 17.9 Å². The van der Waals surface area contributed by atoms with Crippen molar-refractivity contribution >= 4 is 27.3 Å². The second kappa shape index (κ2) is 6.71. The normalized spacial score (nSPS) is 13.7. The van der Waals surface area contributed by atoms with Crippen LogP contribution in [-0.2, 0) is 10.0 Å². The molecule has 4 N–H and O–H groups in total. The molecule has 1 aromatic carbocycles. The molecule has 1 unspecified atom stereocenters. The summed E-state index contributed by atoms with van der Waals surface area (Å²) in [4.78, 5) is -0.621. The molecule has 5 nitrogen and oxygen atoms in total. The van der Waals surface area contributed by atoms with Gasteiger partial charge in [0.2, 0.25) is 10.0 Å². The van der Waals surface area contributed by atoms with Crippen LogP contribution >= 0.6 is 11.6 Å². The molecule has 0 fully saturated rings. The van der Waals surface area contributed by atoms with Gasteiger partial charge in [0.05, 0.1) is 12.3 Å². The molecule has 1 atom stereocenters. The fourth-order valence-corrected chi connectivity index (χ4v) is 3.46. The summed E-state index contributed by atoms with van der Waals surface area (Å²) in [5, 5.41) is 9.21. The largest absolute Gasteiger partial charge is 0.396 e. The lowest BCUT2D eigenvalue weighted by atomic mass is 10.1. The Morgan fingerprint density at radius 1 is 1.45 bits per heavy atom. The number of nitrogens with one attached hydrogen (secondary N) is 1. The highest BCUT2D eigenvalue weighted by molar-refractivity contribution is 7.89. The fourth-order valence-electron chi connectivity index (χ4n) is 1.79. The average molecular weight is 325 g/mol. The van der Waals surface area contributed by atoms with E-state index in [2.05, 4.69) is 4.72 Å². The number of halogens is 2. The van der Waals surface area contributed by atoms with Gasteiger partial charge in [-0.3, -0.25) is 0 Å². The number of aliphatic hydroxyl groups excluding tert-OH is 1. The van der Waals surface area contributed by atoms with Crippen LogP contribution in [0, 0.1) is 11.7 Å². The van der Waals surface area contributed by atoms with Crippen LogP contribution in [0.1, 0.15) is 20.3 Å². The molecule has 1 rings (SSSR count). The minimum absolute atomic E-state index is 0.0219. The molecule has 8 heteroatoms. The number of nitrogen functional groups attached to an aromatic ring is 1. The molecule has 0 aliphatic heterocycles. The molecule has 0 amide bonds. The number of hydrogen-bond donors (Lipinski definition) is 3. The second-order valence-corrected chi connectivity index (χ2v) is 7.06. The lowest BCUT2D eigenvalue weighted by molar-refractivity contribution is 0.240. The first kappa shape index (κ1) is 17.2. The van der Waals surface area contributed by atoms with Crippen LogP contribution in [0.3, 0.4) is 0 Å². The highest BCUT2D eigenvalue weighted by atomic mass is 35.5. The third-order valence-electron chi connectivity index (χ3n) is 2.62. The van der Waals surface area contributed by atoms with Gasteiger partial charge in [0.15, 0.2) is 5.82 Å². The van der Waals surface area contributed by atoms with Crippen molar-refractivity contribution in [2.45, 2.75) is 31.2 Å². The Balaban J connectivity index is 3.11. The van der Waals surface area contributed by atoms with E-state index in [1.165, 1.54) is 0 Å². The van der Waals surface area contributed by atoms with E-state index in [1.54, 1.807) is 0 Å². The Morgan fingerprint density at radius 3 is 2.55 bits per heavy atom. The topological polar surface area (TPSA) is 92.4 Å². The Bertz CT molecular complexity index is 578. The molecule has 1 aromatic rings. The number of anilines is 1. The first-order chi connectivity index (χ1) is 9.17. The highest BCUT2D eigenvalue weighted by Crippen LogP contribution is 2.25. The summed E-state index contributed by atoms with van der Waals surface area (Å²) < 4.78 is 40.3. The molecule has 20 heavy (non-hydrogen) atoms. The number of nitrogens with two attached hydrogens (primary N) is 1. The summed E-state index contributed by atoms with van der Waals surface area (Å²) in [5.41, 5.74) is 5.02. The SMILES string of the molecule is CC(C)CC(CO)NS(=O)(=O)c1cc(Cl)cc(N)c1F. The smallest absolute Gasteiger partial charge is 0.243 e. The number of benzene rings is 1. The van der Waals surface area contributed by atoms with Crippen LogP contribution in [0.5, 0.6) is 0 Å². The summed E-state index contributed by atoms with van der Waals surface area (Å²) in [6.45, 7) is 3.39. The first-order valence-corrected chi connectivity index (χ1v) is 7.91. The van der Waals surface area contributed by atoms with Crippen molar-refractivity contribution in [2.24, 2.45) is 5.92 Å². The van der Waals surface area contributed by atoms with E-state index in [0.29, 0.717) is 6.42 Å². The summed E-state index contributed by atoms with van der Waals surface area (Å²) in [6, 6.07) is 1.42. The number of rotatable bonds is 6. The van der Waals surface area contributed by atoms with Crippen molar-refractivity contribution in [2.75, 3.05) is 12.3 Å². The van der Waals surface area contributed by atoms with Crippen LogP contribution in [0.15, 0.2) is 17.0 Å². The van der Waals surface area contributed by atoms with Crippen molar-refractivity contribution in [3.8, 4) is 0 Å². The van der Waals surface area contributed by atoms with E-state index in [0.717, 1.165) is 12.1 Å². The number of sulfonamides is 1. The van der Waals surface area contributed by atoms with Crippen LogP contribution in [0.2, 0.25) is 5.02 Å². The molecular weight excluding hydrogens is 307 g/mol. The summed E-state index contributed by atoms with van der Waals surface area (Å²) in [6.07, 6.45) is 0.424. The molecule has 0 radical (unpaired) electrons. The molecule has 0 saturated heterocycles. The first-order valence-electron chi connectivity index (χ1n) is 6.05. The van der Waals surface area contributed by atoms with Crippen molar-refractivity contribution in [1.82, 2.24) is 4.72 Å². The maximum atomic E-state index is 13.8. The van der Waals surface area contributed by atoms with Gasteiger partial charge in [0.1, 0.15) is 4.90 Å². The van der Waals surface area contributed by atoms with E-state index in [4.69, 9.17) is 17.3 Å². The molecule has 0 bridgehead atoms. The Morgan fingerprint density at radius 2 is 2.05 bits per heavy atom. The van der Waals surface area contributed by atoms with Crippen molar-refractivity contribution in [3.63, 3.8) is 0 Å². The summed E-state index contributed by atoms with van der Waals surface area (Å²) in [7, 11) is -4.14. The molecule has 0 saturated carbocycles. The van der Waals surface area contributed by atoms with Gasteiger partial charge < -0.3 is 10.8 Å². The minimum Gasteiger partial charge on any atom is -0.396 e. The van der Waals surface area contributed by atoms with Crippen LogP contribution < -0.4 is 10.5 Å². The van der Waals surface area contributed by atoms with Gasteiger partial charge in [0, 0.05) is 11.1 Å². The zero-order chi connectivity index (χ0) is 15.5. The Hall–Kier alpha value is -0.890. The van der Waals surface area contributed by atoms with E-state index in [9.17, 15) is 17.9 Å². The third kappa shape index (κ3) is 4.31. The summed E-state index contributed by atoms with van der Waals surface area (Å²) in [5.74, 6) is -0.882. The minimum atomic E-state index is -4.14. The van der Waals surface area contributed by atoms with Gasteiger partial charge in [-0.05, 0) is 24.5 Å². The maximum Gasteiger partial charge on any atom is 0.243 e. The Kier molecular flexibility index (Phi) is 5.76. The van der Waals surface area contributed by atoms with E-state index in [-0.39, 0.29) is 23.2 Å². The zero-order valence-corrected chi connectivity index (χ0v) is 12.8. The zero-order valence-electron chi connectivity index (χ0n) is 11.2. The average Bonchev–Trinajstić information content (AvgIpc) is 2.31. The molecule has 0 spiro atoms.